The summed E-state index contributed by atoms with van der Waals surface area (Å²) in [7, 11) is 0. The number of rotatable bonds is 2. The first-order chi connectivity index (χ1) is 11.8. The van der Waals surface area contributed by atoms with Crippen LogP contribution in [0.4, 0.5) is 0 Å². The Balaban J connectivity index is 1.81. The van der Waals surface area contributed by atoms with Gasteiger partial charge in [-0.25, -0.2) is 0 Å². The van der Waals surface area contributed by atoms with Crippen molar-refractivity contribution in [2.45, 2.75) is 19.3 Å². The number of hydrogen-bond acceptors (Lipinski definition) is 4. The van der Waals surface area contributed by atoms with E-state index >= 15 is 0 Å². The van der Waals surface area contributed by atoms with Crippen LogP contribution in [0.1, 0.15) is 66.4 Å². The average Bonchev–Trinajstić information content (AvgIpc) is 3.03. The minimum absolute atomic E-state index is 0.352. The molecule has 124 valence electrons. The lowest BCUT2D eigenvalue weighted by molar-refractivity contribution is 0.0863. The van der Waals surface area contributed by atoms with Crippen molar-refractivity contribution in [3.8, 4) is 0 Å². The third-order valence-corrected chi connectivity index (χ3v) is 4.92. The number of benzene rings is 2. The largest absolute Gasteiger partial charge is 0.288 e. The number of amides is 4. The second-order valence-corrected chi connectivity index (χ2v) is 6.71. The molecule has 4 rings (SSSR count). The first kappa shape index (κ1) is 15.3. The summed E-state index contributed by atoms with van der Waals surface area (Å²) >= 11 is 0. The molecule has 0 atom stereocenters. The normalized spacial score (nSPS) is 15.8. The zero-order chi connectivity index (χ0) is 17.9. The summed E-state index contributed by atoms with van der Waals surface area (Å²) in [5, 5.41) is 4.55. The smallest absolute Gasteiger partial charge is 0.258 e. The Kier molecular flexibility index (Phi) is 2.97. The summed E-state index contributed by atoms with van der Waals surface area (Å²) in [4.78, 5) is 47.2. The second-order valence-electron chi connectivity index (χ2n) is 6.71. The molecule has 0 spiro atoms. The van der Waals surface area contributed by atoms with E-state index < -0.39 is 29.0 Å². The summed E-state index contributed by atoms with van der Waals surface area (Å²) in [5.41, 5.74) is 2.57. The third kappa shape index (κ3) is 2.11. The maximum Gasteiger partial charge on any atom is 0.258 e. The molecule has 0 unspecified atom stereocenters. The summed E-state index contributed by atoms with van der Waals surface area (Å²) in [6.07, 6.45) is 0. The van der Waals surface area contributed by atoms with Crippen molar-refractivity contribution in [3.63, 3.8) is 0 Å². The highest BCUT2D eigenvalue weighted by Crippen LogP contribution is 2.35. The highest BCUT2D eigenvalue weighted by molar-refractivity contribution is 6.22. The fourth-order valence-electron chi connectivity index (χ4n) is 3.28. The minimum Gasteiger partial charge on any atom is -0.288 e. The molecular formula is C19H14N2O4. The first-order valence-electron chi connectivity index (χ1n) is 7.79. The van der Waals surface area contributed by atoms with Gasteiger partial charge in [0.05, 0.1) is 22.3 Å². The highest BCUT2D eigenvalue weighted by atomic mass is 16.2. The monoisotopic (exact) mass is 334 g/mol. The Labute approximate surface area is 143 Å². The molecule has 6 nitrogen and oxygen atoms in total. The van der Waals surface area contributed by atoms with Crippen LogP contribution in [0, 0.1) is 0 Å². The van der Waals surface area contributed by atoms with E-state index in [4.69, 9.17) is 0 Å². The van der Waals surface area contributed by atoms with Crippen molar-refractivity contribution >= 4 is 23.6 Å². The van der Waals surface area contributed by atoms with E-state index in [1.165, 1.54) is 0 Å². The molecule has 0 bridgehead atoms. The van der Waals surface area contributed by atoms with Crippen molar-refractivity contribution in [3.05, 3.63) is 69.8 Å². The van der Waals surface area contributed by atoms with Gasteiger partial charge in [0, 0.05) is 5.41 Å². The summed E-state index contributed by atoms with van der Waals surface area (Å²) in [6.45, 7) is 3.92. The summed E-state index contributed by atoms with van der Waals surface area (Å²) < 4.78 is 0. The number of carbonyl (C=O) groups excluding carboxylic acids is 4. The van der Waals surface area contributed by atoms with Crippen LogP contribution in [-0.2, 0) is 5.41 Å². The van der Waals surface area contributed by atoms with Crippen LogP contribution in [-0.4, -0.2) is 23.6 Å². The number of fused-ring (bicyclic) bond motifs is 2. The summed E-state index contributed by atoms with van der Waals surface area (Å²) in [5.74, 6) is -1.60. The van der Waals surface area contributed by atoms with Crippen LogP contribution in [0.15, 0.2) is 36.4 Å². The minimum atomic E-state index is -0.526. The number of hydrogen-bond donors (Lipinski definition) is 2. The predicted molar refractivity (Wildman–Crippen MR) is 88.6 cm³/mol. The molecular weight excluding hydrogens is 320 g/mol. The highest BCUT2D eigenvalue weighted by Gasteiger charge is 2.33. The maximum absolute atomic E-state index is 11.9. The lowest BCUT2D eigenvalue weighted by Crippen LogP contribution is -2.21. The van der Waals surface area contributed by atoms with Crippen molar-refractivity contribution in [1.82, 2.24) is 10.6 Å². The fraction of sp³-hybridized carbons (Fsp3) is 0.158. The van der Waals surface area contributed by atoms with Crippen LogP contribution in [0.3, 0.4) is 0 Å². The molecule has 2 aliphatic rings. The van der Waals surface area contributed by atoms with Gasteiger partial charge in [-0.15, -0.1) is 0 Å². The molecule has 0 saturated carbocycles. The van der Waals surface area contributed by atoms with Crippen molar-refractivity contribution in [2.75, 3.05) is 0 Å². The fourth-order valence-corrected chi connectivity index (χ4v) is 3.28. The van der Waals surface area contributed by atoms with E-state index in [2.05, 4.69) is 10.6 Å². The molecule has 0 saturated heterocycles. The Morgan fingerprint density at radius 3 is 1.36 bits per heavy atom. The van der Waals surface area contributed by atoms with Crippen LogP contribution < -0.4 is 10.6 Å². The van der Waals surface area contributed by atoms with Gasteiger partial charge in [-0.2, -0.15) is 0 Å². The van der Waals surface area contributed by atoms with Crippen LogP contribution in [0.5, 0.6) is 0 Å². The Hall–Kier alpha value is -3.28. The zero-order valence-corrected chi connectivity index (χ0v) is 13.6. The van der Waals surface area contributed by atoms with E-state index in [0.717, 1.165) is 11.1 Å². The van der Waals surface area contributed by atoms with E-state index in [9.17, 15) is 19.2 Å². The van der Waals surface area contributed by atoms with Crippen molar-refractivity contribution < 1.29 is 19.2 Å². The van der Waals surface area contributed by atoms with Gasteiger partial charge < -0.3 is 0 Å². The Morgan fingerprint density at radius 2 is 0.960 bits per heavy atom. The zero-order valence-electron chi connectivity index (χ0n) is 13.6. The van der Waals surface area contributed by atoms with Crippen molar-refractivity contribution in [2.24, 2.45) is 0 Å². The molecule has 25 heavy (non-hydrogen) atoms. The Bertz CT molecular complexity index is 925. The van der Waals surface area contributed by atoms with Crippen LogP contribution in [0.2, 0.25) is 0 Å². The Morgan fingerprint density at radius 1 is 0.600 bits per heavy atom. The molecule has 0 aliphatic carbocycles. The summed E-state index contributed by atoms with van der Waals surface area (Å²) in [6, 6.07) is 10.3. The molecule has 4 amide bonds. The number of imide groups is 2. The lowest BCUT2D eigenvalue weighted by Gasteiger charge is -2.27. The van der Waals surface area contributed by atoms with E-state index in [0.29, 0.717) is 22.3 Å². The standard InChI is InChI=1S/C19H14N2O4/c1-19(2,9-3-5-11-13(7-9)17(24)20-15(11)22)10-4-6-12-14(8-10)18(25)21-16(12)23/h3-8H,1-2H3,(H,20,22,24)(H,21,23,25). The van der Waals surface area contributed by atoms with Gasteiger partial charge in [-0.05, 0) is 35.4 Å². The molecule has 2 heterocycles. The predicted octanol–water partition coefficient (Wildman–Crippen LogP) is 1.78. The van der Waals surface area contributed by atoms with Crippen LogP contribution in [0.25, 0.3) is 0 Å². The molecule has 0 radical (unpaired) electrons. The third-order valence-electron chi connectivity index (χ3n) is 4.92. The molecule has 2 N–H and O–H groups in total. The number of nitrogens with one attached hydrogen (secondary N) is 2. The van der Waals surface area contributed by atoms with Gasteiger partial charge in [0.1, 0.15) is 0 Å². The quantitative estimate of drug-likeness (QED) is 0.819. The molecule has 2 aromatic rings. The topological polar surface area (TPSA) is 92.3 Å². The van der Waals surface area contributed by atoms with Crippen LogP contribution >= 0.6 is 0 Å². The molecule has 6 heteroatoms. The van der Waals surface area contributed by atoms with Gasteiger partial charge in [0.25, 0.3) is 23.6 Å². The molecule has 2 aliphatic heterocycles. The second kappa shape index (κ2) is 4.86. The van der Waals surface area contributed by atoms with Gasteiger partial charge in [0.2, 0.25) is 0 Å². The van der Waals surface area contributed by atoms with Gasteiger partial charge in [-0.1, -0.05) is 26.0 Å². The van der Waals surface area contributed by atoms with E-state index in [1.54, 1.807) is 36.4 Å². The van der Waals surface area contributed by atoms with Gasteiger partial charge >= 0.3 is 0 Å². The maximum atomic E-state index is 11.9. The number of carbonyl (C=O) groups is 4. The van der Waals surface area contributed by atoms with E-state index in [-0.39, 0.29) is 0 Å². The van der Waals surface area contributed by atoms with E-state index in [1.807, 2.05) is 13.8 Å². The SMILES string of the molecule is CC(C)(c1ccc2c(c1)C(=O)NC2=O)c1ccc2c(c1)C(=O)NC2=O. The first-order valence-corrected chi connectivity index (χ1v) is 7.79. The molecule has 2 aromatic carbocycles. The lowest BCUT2D eigenvalue weighted by atomic mass is 9.76. The van der Waals surface area contributed by atoms with Gasteiger partial charge in [-0.3, -0.25) is 29.8 Å². The molecule has 0 aromatic heterocycles. The average molecular weight is 334 g/mol. The van der Waals surface area contributed by atoms with Crippen molar-refractivity contribution in [1.29, 1.82) is 0 Å². The molecule has 0 fully saturated rings. The van der Waals surface area contributed by atoms with Gasteiger partial charge in [0.15, 0.2) is 0 Å².